The van der Waals surface area contributed by atoms with Crippen LogP contribution in [-0.4, -0.2) is 39.7 Å². The van der Waals surface area contributed by atoms with E-state index in [0.717, 1.165) is 28.0 Å². The number of hydrogen-bond donors (Lipinski definition) is 0. The second-order valence-electron chi connectivity index (χ2n) is 5.53. The molecule has 134 valence electrons. The standard InChI is InChI=1S/C18H15ClN2O4S/c1-11(17(23)25-2)21-16(22)15(26-18(21)24)10-14-4-3-9-20(14)13-7-5-12(19)6-8-13/h3-11H,1-2H3/b15-10+/t11-/m1/s1. The number of amides is 2. The molecule has 26 heavy (non-hydrogen) atoms. The lowest BCUT2D eigenvalue weighted by molar-refractivity contribution is -0.148. The monoisotopic (exact) mass is 390 g/mol. The fourth-order valence-electron chi connectivity index (χ4n) is 2.57. The maximum atomic E-state index is 12.6. The molecule has 6 nitrogen and oxygen atoms in total. The molecule has 0 radical (unpaired) electrons. The number of halogens is 1. The van der Waals surface area contributed by atoms with Gasteiger partial charge in [-0.1, -0.05) is 11.6 Å². The molecule has 1 aliphatic rings. The first-order chi connectivity index (χ1) is 12.4. The zero-order chi connectivity index (χ0) is 18.8. The first-order valence-corrected chi connectivity index (χ1v) is 8.90. The van der Waals surface area contributed by atoms with Crippen LogP contribution in [0.1, 0.15) is 12.6 Å². The number of benzene rings is 1. The van der Waals surface area contributed by atoms with Crippen LogP contribution >= 0.6 is 23.4 Å². The summed E-state index contributed by atoms with van der Waals surface area (Å²) in [5.74, 6) is -1.15. The summed E-state index contributed by atoms with van der Waals surface area (Å²) in [4.78, 5) is 37.6. The van der Waals surface area contributed by atoms with E-state index in [4.69, 9.17) is 11.6 Å². The van der Waals surface area contributed by atoms with Gasteiger partial charge in [-0.2, -0.15) is 0 Å². The SMILES string of the molecule is COC(=O)[C@@H](C)N1C(=O)S/C(=C/c2cccn2-c2ccc(Cl)cc2)C1=O. The Labute approximate surface area is 159 Å². The quantitative estimate of drug-likeness (QED) is 0.587. The Bertz CT molecular complexity index is 904. The first-order valence-electron chi connectivity index (χ1n) is 7.70. The summed E-state index contributed by atoms with van der Waals surface area (Å²) in [6, 6.07) is 9.93. The third-order valence-corrected chi connectivity index (χ3v) is 5.05. The van der Waals surface area contributed by atoms with E-state index < -0.39 is 23.2 Å². The summed E-state index contributed by atoms with van der Waals surface area (Å²) >= 11 is 6.72. The van der Waals surface area contributed by atoms with Gasteiger partial charge >= 0.3 is 5.97 Å². The van der Waals surface area contributed by atoms with E-state index in [-0.39, 0.29) is 4.91 Å². The van der Waals surface area contributed by atoms with Crippen LogP contribution in [0.2, 0.25) is 5.02 Å². The summed E-state index contributed by atoms with van der Waals surface area (Å²) in [5.41, 5.74) is 1.59. The van der Waals surface area contributed by atoms with Crippen LogP contribution in [0.25, 0.3) is 11.8 Å². The smallest absolute Gasteiger partial charge is 0.328 e. The fraction of sp³-hybridized carbons (Fsp3) is 0.167. The lowest BCUT2D eigenvalue weighted by Gasteiger charge is -2.18. The van der Waals surface area contributed by atoms with Crippen molar-refractivity contribution < 1.29 is 19.1 Å². The van der Waals surface area contributed by atoms with Crippen LogP contribution in [0, 0.1) is 0 Å². The maximum absolute atomic E-state index is 12.6. The highest BCUT2D eigenvalue weighted by Crippen LogP contribution is 2.34. The number of thioether (sulfide) groups is 1. The summed E-state index contributed by atoms with van der Waals surface area (Å²) < 4.78 is 6.49. The molecular formula is C18H15ClN2O4S. The number of nitrogens with zero attached hydrogens (tertiary/aromatic N) is 2. The second kappa shape index (κ2) is 7.39. The van der Waals surface area contributed by atoms with Gasteiger partial charge in [0.1, 0.15) is 6.04 Å². The number of esters is 1. The average Bonchev–Trinajstić information content (AvgIpc) is 3.19. The number of rotatable bonds is 4. The maximum Gasteiger partial charge on any atom is 0.328 e. The average molecular weight is 391 g/mol. The Morgan fingerprint density at radius 1 is 1.23 bits per heavy atom. The summed E-state index contributed by atoms with van der Waals surface area (Å²) in [6.45, 7) is 1.46. The van der Waals surface area contributed by atoms with Crippen LogP contribution in [0.3, 0.4) is 0 Å². The van der Waals surface area contributed by atoms with E-state index in [0.29, 0.717) is 5.02 Å². The van der Waals surface area contributed by atoms with Gasteiger partial charge in [-0.3, -0.25) is 14.5 Å². The van der Waals surface area contributed by atoms with Crippen molar-refractivity contribution in [1.82, 2.24) is 9.47 Å². The van der Waals surface area contributed by atoms with Gasteiger partial charge < -0.3 is 9.30 Å². The van der Waals surface area contributed by atoms with E-state index >= 15 is 0 Å². The fourth-order valence-corrected chi connectivity index (χ4v) is 3.59. The molecular weight excluding hydrogens is 376 g/mol. The van der Waals surface area contributed by atoms with Crippen molar-refractivity contribution in [3.63, 3.8) is 0 Å². The zero-order valence-electron chi connectivity index (χ0n) is 14.0. The summed E-state index contributed by atoms with van der Waals surface area (Å²) in [6.07, 6.45) is 3.47. The van der Waals surface area contributed by atoms with E-state index in [1.54, 1.807) is 18.2 Å². The first kappa shape index (κ1) is 18.3. The van der Waals surface area contributed by atoms with Crippen LogP contribution in [0.15, 0.2) is 47.5 Å². The molecule has 0 N–H and O–H groups in total. The van der Waals surface area contributed by atoms with Crippen molar-refractivity contribution in [3.8, 4) is 5.69 Å². The van der Waals surface area contributed by atoms with Gasteiger partial charge in [0, 0.05) is 22.6 Å². The minimum absolute atomic E-state index is 0.250. The molecule has 1 fully saturated rings. The third kappa shape index (κ3) is 3.40. The number of imide groups is 1. The van der Waals surface area contributed by atoms with E-state index in [1.807, 2.05) is 35.0 Å². The zero-order valence-corrected chi connectivity index (χ0v) is 15.6. The summed E-state index contributed by atoms with van der Waals surface area (Å²) in [5, 5.41) is 0.129. The van der Waals surface area contributed by atoms with Crippen molar-refractivity contribution >= 4 is 46.6 Å². The number of hydrogen-bond acceptors (Lipinski definition) is 5. The highest BCUT2D eigenvalue weighted by Gasteiger charge is 2.41. The molecule has 1 aliphatic heterocycles. The van der Waals surface area contributed by atoms with Gasteiger partial charge in [0.2, 0.25) is 0 Å². The van der Waals surface area contributed by atoms with Crippen LogP contribution in [0.4, 0.5) is 4.79 Å². The number of methoxy groups -OCH3 is 1. The Balaban J connectivity index is 1.91. The highest BCUT2D eigenvalue weighted by atomic mass is 35.5. The molecule has 1 aromatic carbocycles. The highest BCUT2D eigenvalue weighted by molar-refractivity contribution is 8.18. The van der Waals surface area contributed by atoms with Crippen LogP contribution < -0.4 is 0 Å². The van der Waals surface area contributed by atoms with Crippen molar-refractivity contribution in [2.75, 3.05) is 7.11 Å². The molecule has 2 aromatic rings. The van der Waals surface area contributed by atoms with Crippen molar-refractivity contribution in [2.24, 2.45) is 0 Å². The van der Waals surface area contributed by atoms with Gasteiger partial charge in [-0.25, -0.2) is 4.79 Å². The molecule has 0 saturated carbocycles. The molecule has 0 bridgehead atoms. The van der Waals surface area contributed by atoms with Gasteiger partial charge in [0.05, 0.1) is 12.0 Å². The lowest BCUT2D eigenvalue weighted by atomic mass is 10.2. The minimum atomic E-state index is -0.971. The van der Waals surface area contributed by atoms with Gasteiger partial charge in [-0.05, 0) is 61.2 Å². The molecule has 3 rings (SSSR count). The molecule has 0 unspecified atom stereocenters. The van der Waals surface area contributed by atoms with Crippen LogP contribution in [-0.2, 0) is 14.3 Å². The Morgan fingerprint density at radius 3 is 2.58 bits per heavy atom. The third-order valence-electron chi connectivity index (χ3n) is 3.92. The number of aromatic nitrogens is 1. The number of carbonyl (C=O) groups excluding carboxylic acids is 3. The van der Waals surface area contributed by atoms with Crippen molar-refractivity contribution in [1.29, 1.82) is 0 Å². The predicted molar refractivity (Wildman–Crippen MR) is 100 cm³/mol. The molecule has 0 aliphatic carbocycles. The molecule has 0 spiro atoms. The molecule has 2 amide bonds. The molecule has 1 atom stereocenters. The van der Waals surface area contributed by atoms with E-state index in [2.05, 4.69) is 4.74 Å². The van der Waals surface area contributed by atoms with Gasteiger partial charge in [0.15, 0.2) is 0 Å². The normalized spacial score (nSPS) is 17.0. The Morgan fingerprint density at radius 2 is 1.92 bits per heavy atom. The molecule has 1 aromatic heterocycles. The number of carbonyl (C=O) groups is 3. The largest absolute Gasteiger partial charge is 0.467 e. The van der Waals surface area contributed by atoms with Crippen molar-refractivity contribution in [2.45, 2.75) is 13.0 Å². The van der Waals surface area contributed by atoms with Gasteiger partial charge in [-0.15, -0.1) is 0 Å². The van der Waals surface area contributed by atoms with E-state index in [9.17, 15) is 14.4 Å². The topological polar surface area (TPSA) is 68.6 Å². The molecule has 1 saturated heterocycles. The Kier molecular flexibility index (Phi) is 5.20. The number of ether oxygens (including phenoxy) is 1. The van der Waals surface area contributed by atoms with Crippen LogP contribution in [0.5, 0.6) is 0 Å². The van der Waals surface area contributed by atoms with Crippen molar-refractivity contribution in [3.05, 3.63) is 58.2 Å². The Hall–Kier alpha value is -2.51. The molecule has 8 heteroatoms. The minimum Gasteiger partial charge on any atom is -0.467 e. The van der Waals surface area contributed by atoms with Gasteiger partial charge in [0.25, 0.3) is 11.1 Å². The van der Waals surface area contributed by atoms with E-state index in [1.165, 1.54) is 14.0 Å². The second-order valence-corrected chi connectivity index (χ2v) is 6.96. The summed E-state index contributed by atoms with van der Waals surface area (Å²) in [7, 11) is 1.22. The lowest BCUT2D eigenvalue weighted by Crippen LogP contribution is -2.42. The predicted octanol–water partition coefficient (Wildman–Crippen LogP) is 3.73. The molecule has 2 heterocycles.